The lowest BCUT2D eigenvalue weighted by Crippen LogP contribution is -2.53. The van der Waals surface area contributed by atoms with Gasteiger partial charge >= 0.3 is 0 Å². The highest BCUT2D eigenvalue weighted by Gasteiger charge is 2.26. The van der Waals surface area contributed by atoms with E-state index < -0.39 is 12.5 Å². The molecular formula is C10H19F2N3O. The molecule has 1 N–H and O–H groups in total. The Hall–Kier alpha value is -0.750. The molecule has 1 heterocycles. The van der Waals surface area contributed by atoms with Crippen molar-refractivity contribution in [2.24, 2.45) is 0 Å². The van der Waals surface area contributed by atoms with E-state index in [2.05, 4.69) is 5.32 Å². The number of nitrogens with one attached hydrogen (secondary N) is 1. The number of carbonyl (C=O) groups is 1. The van der Waals surface area contributed by atoms with Crippen LogP contribution < -0.4 is 5.32 Å². The molecule has 0 radical (unpaired) electrons. The van der Waals surface area contributed by atoms with Crippen LogP contribution in [0.25, 0.3) is 0 Å². The van der Waals surface area contributed by atoms with Crippen molar-refractivity contribution in [1.29, 1.82) is 0 Å². The van der Waals surface area contributed by atoms with Gasteiger partial charge in [0.2, 0.25) is 5.91 Å². The molecule has 1 rings (SSSR count). The van der Waals surface area contributed by atoms with E-state index in [-0.39, 0.29) is 12.5 Å². The first kappa shape index (κ1) is 13.3. The minimum Gasteiger partial charge on any atom is -0.339 e. The number of alkyl halides is 2. The third-order valence-corrected chi connectivity index (χ3v) is 2.87. The van der Waals surface area contributed by atoms with Crippen molar-refractivity contribution in [1.82, 2.24) is 15.1 Å². The molecule has 1 aliphatic rings. The van der Waals surface area contributed by atoms with E-state index in [1.54, 1.807) is 18.9 Å². The highest BCUT2D eigenvalue weighted by Crippen LogP contribution is 2.06. The summed E-state index contributed by atoms with van der Waals surface area (Å²) in [5.74, 6) is -0.0651. The van der Waals surface area contributed by atoms with Gasteiger partial charge in [0.15, 0.2) is 0 Å². The first-order valence-corrected chi connectivity index (χ1v) is 5.50. The molecule has 1 saturated heterocycles. The minimum absolute atomic E-state index is 0.0651. The van der Waals surface area contributed by atoms with Gasteiger partial charge in [-0.2, -0.15) is 0 Å². The van der Waals surface area contributed by atoms with Crippen LogP contribution in [0.5, 0.6) is 0 Å². The average Bonchev–Trinajstić information content (AvgIpc) is 2.27. The Morgan fingerprint density at radius 3 is 2.50 bits per heavy atom. The van der Waals surface area contributed by atoms with Crippen molar-refractivity contribution in [2.45, 2.75) is 19.4 Å². The van der Waals surface area contributed by atoms with E-state index in [4.69, 9.17) is 0 Å². The Morgan fingerprint density at radius 2 is 2.00 bits per heavy atom. The maximum atomic E-state index is 12.2. The topological polar surface area (TPSA) is 35.6 Å². The van der Waals surface area contributed by atoms with Crippen LogP contribution in [0, 0.1) is 0 Å². The third kappa shape index (κ3) is 3.68. The molecule has 0 saturated carbocycles. The van der Waals surface area contributed by atoms with Gasteiger partial charge in [-0.15, -0.1) is 0 Å². The maximum absolute atomic E-state index is 12.2. The van der Waals surface area contributed by atoms with Crippen LogP contribution in [0.4, 0.5) is 8.78 Å². The van der Waals surface area contributed by atoms with Crippen LogP contribution in [-0.4, -0.2) is 67.9 Å². The largest absolute Gasteiger partial charge is 0.339 e. The molecular weight excluding hydrogens is 216 g/mol. The van der Waals surface area contributed by atoms with Gasteiger partial charge in [0.25, 0.3) is 6.43 Å². The second-order valence-electron chi connectivity index (χ2n) is 4.08. The summed E-state index contributed by atoms with van der Waals surface area (Å²) in [6.07, 6.45) is -2.40. The smallest absolute Gasteiger partial charge is 0.251 e. The zero-order chi connectivity index (χ0) is 12.1. The molecule has 0 bridgehead atoms. The summed E-state index contributed by atoms with van der Waals surface area (Å²) < 4.78 is 24.3. The number of nitrogens with zero attached hydrogens (tertiary/aromatic N) is 2. The highest BCUT2D eigenvalue weighted by atomic mass is 19.3. The van der Waals surface area contributed by atoms with E-state index in [1.165, 1.54) is 4.90 Å². The molecule has 1 aliphatic heterocycles. The minimum atomic E-state index is -2.40. The van der Waals surface area contributed by atoms with E-state index in [1.807, 2.05) is 0 Å². The number of rotatable bonds is 4. The van der Waals surface area contributed by atoms with Gasteiger partial charge in [0, 0.05) is 26.2 Å². The Bertz CT molecular complexity index is 232. The number of hydrogen-bond donors (Lipinski definition) is 1. The molecule has 4 nitrogen and oxygen atoms in total. The van der Waals surface area contributed by atoms with Crippen molar-refractivity contribution >= 4 is 5.91 Å². The predicted molar refractivity (Wildman–Crippen MR) is 57.5 cm³/mol. The first-order valence-electron chi connectivity index (χ1n) is 5.50. The second kappa shape index (κ2) is 6.10. The Labute approximate surface area is 94.6 Å². The van der Waals surface area contributed by atoms with E-state index in [0.717, 1.165) is 13.1 Å². The fraction of sp³-hybridized carbons (Fsp3) is 0.900. The summed E-state index contributed by atoms with van der Waals surface area (Å²) in [4.78, 5) is 15.1. The number of likely N-dealkylation sites (N-methyl/N-ethyl adjacent to an activating group) is 1. The lowest BCUT2D eigenvalue weighted by atomic mass is 10.2. The van der Waals surface area contributed by atoms with Gasteiger partial charge in [-0.25, -0.2) is 8.78 Å². The van der Waals surface area contributed by atoms with Gasteiger partial charge in [-0.3, -0.25) is 9.69 Å². The summed E-state index contributed by atoms with van der Waals surface area (Å²) in [5.41, 5.74) is 0. The van der Waals surface area contributed by atoms with Gasteiger partial charge in [0.1, 0.15) is 0 Å². The molecule has 0 spiro atoms. The molecule has 1 atom stereocenters. The lowest BCUT2D eigenvalue weighted by Gasteiger charge is -2.32. The second-order valence-corrected chi connectivity index (χ2v) is 4.08. The number of piperazine rings is 1. The zero-order valence-electron chi connectivity index (χ0n) is 9.75. The van der Waals surface area contributed by atoms with Gasteiger partial charge in [-0.05, 0) is 14.0 Å². The quantitative estimate of drug-likeness (QED) is 0.745. The highest BCUT2D eigenvalue weighted by molar-refractivity contribution is 5.81. The number of hydrogen-bond acceptors (Lipinski definition) is 3. The van der Waals surface area contributed by atoms with Crippen LogP contribution in [0.2, 0.25) is 0 Å². The first-order chi connectivity index (χ1) is 7.52. The van der Waals surface area contributed by atoms with Crippen molar-refractivity contribution in [3.63, 3.8) is 0 Å². The standard InChI is InChI=1S/C10H19F2N3O/c1-8(14(2)7-9(11)12)10(16)15-5-3-13-4-6-15/h8-9,13H,3-7H2,1-2H3. The molecule has 0 aromatic heterocycles. The monoisotopic (exact) mass is 235 g/mol. The Morgan fingerprint density at radius 1 is 1.44 bits per heavy atom. The Balaban J connectivity index is 2.45. The molecule has 0 aromatic rings. The normalized spacial score (nSPS) is 19.2. The van der Waals surface area contributed by atoms with Crippen LogP contribution in [0.3, 0.4) is 0 Å². The number of halogens is 2. The van der Waals surface area contributed by atoms with Gasteiger partial charge < -0.3 is 10.2 Å². The van der Waals surface area contributed by atoms with Gasteiger partial charge in [-0.1, -0.05) is 0 Å². The van der Waals surface area contributed by atoms with E-state index in [9.17, 15) is 13.6 Å². The third-order valence-electron chi connectivity index (χ3n) is 2.87. The molecule has 0 aromatic carbocycles. The predicted octanol–water partition coefficient (Wildman–Crippen LogP) is 0.00360. The van der Waals surface area contributed by atoms with Crippen molar-refractivity contribution in [3.8, 4) is 0 Å². The van der Waals surface area contributed by atoms with Crippen LogP contribution in [0.15, 0.2) is 0 Å². The van der Waals surface area contributed by atoms with E-state index >= 15 is 0 Å². The molecule has 1 amide bonds. The van der Waals surface area contributed by atoms with Gasteiger partial charge in [0.05, 0.1) is 12.6 Å². The van der Waals surface area contributed by atoms with Crippen molar-refractivity contribution in [3.05, 3.63) is 0 Å². The molecule has 1 fully saturated rings. The summed E-state index contributed by atoms with van der Waals surface area (Å²) in [6.45, 7) is 4.18. The number of carbonyl (C=O) groups excluding carboxylic acids is 1. The summed E-state index contributed by atoms with van der Waals surface area (Å²) in [6, 6.07) is -0.480. The summed E-state index contributed by atoms with van der Waals surface area (Å²) >= 11 is 0. The van der Waals surface area contributed by atoms with Crippen LogP contribution in [0.1, 0.15) is 6.92 Å². The molecule has 6 heteroatoms. The SMILES string of the molecule is CC(C(=O)N1CCNCC1)N(C)CC(F)F. The fourth-order valence-electron chi connectivity index (χ4n) is 1.71. The van der Waals surface area contributed by atoms with Crippen molar-refractivity contribution in [2.75, 3.05) is 39.8 Å². The molecule has 16 heavy (non-hydrogen) atoms. The molecule has 0 aliphatic carbocycles. The summed E-state index contributed by atoms with van der Waals surface area (Å²) in [5, 5.41) is 3.14. The van der Waals surface area contributed by atoms with E-state index in [0.29, 0.717) is 13.1 Å². The van der Waals surface area contributed by atoms with Crippen LogP contribution >= 0.6 is 0 Å². The molecule has 94 valence electrons. The maximum Gasteiger partial charge on any atom is 0.251 e. The Kier molecular flexibility index (Phi) is 5.08. The fourth-order valence-corrected chi connectivity index (χ4v) is 1.71. The number of amides is 1. The van der Waals surface area contributed by atoms with Crippen molar-refractivity contribution < 1.29 is 13.6 Å². The average molecular weight is 235 g/mol. The zero-order valence-corrected chi connectivity index (χ0v) is 9.75. The molecule has 1 unspecified atom stereocenters. The lowest BCUT2D eigenvalue weighted by molar-refractivity contribution is -0.137. The summed E-state index contributed by atoms with van der Waals surface area (Å²) in [7, 11) is 1.55. The van der Waals surface area contributed by atoms with Crippen LogP contribution in [-0.2, 0) is 4.79 Å².